The number of hydrogen-bond donors (Lipinski definition) is 2. The monoisotopic (exact) mass is 256 g/mol. The van der Waals surface area contributed by atoms with Crippen LogP contribution in [0, 0.1) is 0 Å². The summed E-state index contributed by atoms with van der Waals surface area (Å²) in [5.74, 6) is 0.790. The number of nitrogens with one attached hydrogen (secondary N) is 2. The van der Waals surface area contributed by atoms with Gasteiger partial charge >= 0.3 is 0 Å². The summed E-state index contributed by atoms with van der Waals surface area (Å²) < 4.78 is 4.26. The van der Waals surface area contributed by atoms with Crippen molar-refractivity contribution in [2.45, 2.75) is 39.5 Å². The molecule has 1 amide bonds. The molecule has 0 aliphatic heterocycles. The van der Waals surface area contributed by atoms with Crippen LogP contribution in [-0.2, 0) is 10.2 Å². The van der Waals surface area contributed by atoms with Gasteiger partial charge in [0.15, 0.2) is 0 Å². The van der Waals surface area contributed by atoms with E-state index in [1.54, 1.807) is 0 Å². The van der Waals surface area contributed by atoms with Crippen LogP contribution in [-0.4, -0.2) is 28.4 Å². The van der Waals surface area contributed by atoms with Crippen LogP contribution in [0.5, 0.6) is 0 Å². The van der Waals surface area contributed by atoms with E-state index in [4.69, 9.17) is 0 Å². The molecule has 0 aliphatic rings. The van der Waals surface area contributed by atoms with Gasteiger partial charge in [0.25, 0.3) is 0 Å². The first-order valence-electron chi connectivity index (χ1n) is 5.78. The molecule has 17 heavy (non-hydrogen) atoms. The molecule has 0 aliphatic carbocycles. The fraction of sp³-hybridized carbons (Fsp3) is 0.727. The maximum absolute atomic E-state index is 11.4. The summed E-state index contributed by atoms with van der Waals surface area (Å²) in [6.45, 7) is 9.17. The van der Waals surface area contributed by atoms with Gasteiger partial charge in [-0.15, -0.1) is 0 Å². The molecule has 0 unspecified atom stereocenters. The number of anilines is 1. The van der Waals surface area contributed by atoms with E-state index in [-0.39, 0.29) is 17.9 Å². The van der Waals surface area contributed by atoms with Crippen molar-refractivity contribution in [3.8, 4) is 0 Å². The lowest BCUT2D eigenvalue weighted by atomic mass is 9.96. The van der Waals surface area contributed by atoms with E-state index < -0.39 is 0 Å². The van der Waals surface area contributed by atoms with Gasteiger partial charge in [0.2, 0.25) is 11.0 Å². The zero-order valence-corrected chi connectivity index (χ0v) is 11.6. The first-order chi connectivity index (χ1) is 7.93. The van der Waals surface area contributed by atoms with Crippen molar-refractivity contribution >= 4 is 22.6 Å². The Morgan fingerprint density at radius 3 is 2.65 bits per heavy atom. The number of amides is 1. The van der Waals surface area contributed by atoms with E-state index in [0.717, 1.165) is 12.2 Å². The number of carbonyl (C=O) groups excluding carboxylic acids is 1. The Balaban J connectivity index is 2.42. The quantitative estimate of drug-likeness (QED) is 0.842. The molecule has 1 heterocycles. The van der Waals surface area contributed by atoms with E-state index in [2.05, 4.69) is 40.8 Å². The van der Waals surface area contributed by atoms with Crippen LogP contribution < -0.4 is 10.6 Å². The fourth-order valence-electron chi connectivity index (χ4n) is 1.08. The molecule has 5 nitrogen and oxygen atoms in total. The number of carbonyl (C=O) groups is 1. The Bertz CT molecular complexity index is 370. The van der Waals surface area contributed by atoms with Crippen molar-refractivity contribution in [2.24, 2.45) is 0 Å². The lowest BCUT2D eigenvalue weighted by Gasteiger charge is -2.12. The molecule has 2 N–H and O–H groups in total. The van der Waals surface area contributed by atoms with Crippen molar-refractivity contribution in [2.75, 3.05) is 18.4 Å². The third-order valence-electron chi connectivity index (χ3n) is 2.07. The fourth-order valence-corrected chi connectivity index (χ4v) is 1.83. The number of rotatable bonds is 5. The molecule has 0 atom stereocenters. The second kappa shape index (κ2) is 5.95. The normalized spacial score (nSPS) is 11.3. The molecule has 0 spiro atoms. The summed E-state index contributed by atoms with van der Waals surface area (Å²) in [4.78, 5) is 15.7. The van der Waals surface area contributed by atoms with Crippen LogP contribution in [0.15, 0.2) is 0 Å². The molecule has 0 saturated carbocycles. The van der Waals surface area contributed by atoms with E-state index in [0.29, 0.717) is 11.7 Å². The second-order valence-electron chi connectivity index (χ2n) is 4.88. The van der Waals surface area contributed by atoms with Gasteiger partial charge < -0.3 is 10.6 Å². The van der Waals surface area contributed by atoms with E-state index in [9.17, 15) is 4.79 Å². The standard InChI is InChI=1S/C11H20N4OS/c1-5-6-12-8(16)7-13-10-14-9(15-17-10)11(2,3)4/h5-7H2,1-4H3,(H,12,16)(H,13,14,15). The molecule has 0 bridgehead atoms. The molecule has 1 aromatic heterocycles. The van der Waals surface area contributed by atoms with E-state index >= 15 is 0 Å². The minimum absolute atomic E-state index is 0.0145. The highest BCUT2D eigenvalue weighted by Gasteiger charge is 2.19. The van der Waals surface area contributed by atoms with Crippen molar-refractivity contribution in [3.63, 3.8) is 0 Å². The Labute approximate surface area is 106 Å². The molecule has 96 valence electrons. The molecule has 0 aromatic carbocycles. The molecule has 0 saturated heterocycles. The first-order valence-corrected chi connectivity index (χ1v) is 6.55. The van der Waals surface area contributed by atoms with Crippen LogP contribution in [0.1, 0.15) is 39.9 Å². The van der Waals surface area contributed by atoms with Crippen LogP contribution in [0.4, 0.5) is 5.13 Å². The molecule has 1 rings (SSSR count). The van der Waals surface area contributed by atoms with Gasteiger partial charge in [0.05, 0.1) is 6.54 Å². The summed E-state index contributed by atoms with van der Waals surface area (Å²) in [5.41, 5.74) is -0.0547. The molecular weight excluding hydrogens is 236 g/mol. The zero-order chi connectivity index (χ0) is 12.9. The number of nitrogens with zero attached hydrogens (tertiary/aromatic N) is 2. The Morgan fingerprint density at radius 2 is 2.12 bits per heavy atom. The summed E-state index contributed by atoms with van der Waals surface area (Å²) in [6.07, 6.45) is 0.943. The van der Waals surface area contributed by atoms with Crippen LogP contribution >= 0.6 is 11.5 Å². The predicted octanol–water partition coefficient (Wildman–Crippen LogP) is 1.77. The van der Waals surface area contributed by atoms with Gasteiger partial charge in [-0.1, -0.05) is 27.7 Å². The molecule has 0 radical (unpaired) electrons. The van der Waals surface area contributed by atoms with Gasteiger partial charge in [-0.2, -0.15) is 4.37 Å². The highest BCUT2D eigenvalue weighted by atomic mass is 32.1. The summed E-state index contributed by atoms with van der Waals surface area (Å²) in [6, 6.07) is 0. The zero-order valence-electron chi connectivity index (χ0n) is 10.8. The van der Waals surface area contributed by atoms with Gasteiger partial charge in [-0.25, -0.2) is 4.98 Å². The maximum Gasteiger partial charge on any atom is 0.239 e. The second-order valence-corrected chi connectivity index (χ2v) is 5.63. The number of hydrogen-bond acceptors (Lipinski definition) is 5. The smallest absolute Gasteiger partial charge is 0.239 e. The molecule has 0 fully saturated rings. The average Bonchev–Trinajstić information content (AvgIpc) is 2.71. The summed E-state index contributed by atoms with van der Waals surface area (Å²) in [5, 5.41) is 6.47. The highest BCUT2D eigenvalue weighted by molar-refractivity contribution is 7.09. The van der Waals surface area contributed by atoms with Crippen LogP contribution in [0.25, 0.3) is 0 Å². The minimum atomic E-state index is -0.0547. The third-order valence-corrected chi connectivity index (χ3v) is 2.74. The molecule has 6 heteroatoms. The van der Waals surface area contributed by atoms with E-state index in [1.807, 2.05) is 6.92 Å². The molecular formula is C11H20N4OS. The van der Waals surface area contributed by atoms with Crippen LogP contribution in [0.2, 0.25) is 0 Å². The van der Waals surface area contributed by atoms with Gasteiger partial charge in [0, 0.05) is 23.5 Å². The van der Waals surface area contributed by atoms with Crippen molar-refractivity contribution in [3.05, 3.63) is 5.82 Å². The van der Waals surface area contributed by atoms with E-state index in [1.165, 1.54) is 11.5 Å². The van der Waals surface area contributed by atoms with Gasteiger partial charge in [-0.3, -0.25) is 4.79 Å². The lowest BCUT2D eigenvalue weighted by molar-refractivity contribution is -0.119. The SMILES string of the molecule is CCCNC(=O)CNc1nc(C(C)(C)C)ns1. The molecule has 1 aromatic rings. The van der Waals surface area contributed by atoms with Crippen molar-refractivity contribution < 1.29 is 4.79 Å². The minimum Gasteiger partial charge on any atom is -0.355 e. The Morgan fingerprint density at radius 1 is 1.41 bits per heavy atom. The largest absolute Gasteiger partial charge is 0.355 e. The Hall–Kier alpha value is -1.17. The Kier molecular flexibility index (Phi) is 4.86. The number of aromatic nitrogens is 2. The van der Waals surface area contributed by atoms with Crippen molar-refractivity contribution in [1.82, 2.24) is 14.7 Å². The lowest BCUT2D eigenvalue weighted by Crippen LogP contribution is -2.30. The maximum atomic E-state index is 11.4. The predicted molar refractivity (Wildman–Crippen MR) is 70.4 cm³/mol. The third kappa shape index (κ3) is 4.68. The topological polar surface area (TPSA) is 66.9 Å². The average molecular weight is 256 g/mol. The van der Waals surface area contributed by atoms with Crippen LogP contribution in [0.3, 0.4) is 0 Å². The highest BCUT2D eigenvalue weighted by Crippen LogP contribution is 2.22. The summed E-state index contributed by atoms with van der Waals surface area (Å²) in [7, 11) is 0. The summed E-state index contributed by atoms with van der Waals surface area (Å²) >= 11 is 1.29. The first kappa shape index (κ1) is 13.9. The van der Waals surface area contributed by atoms with Gasteiger partial charge in [-0.05, 0) is 6.42 Å². The van der Waals surface area contributed by atoms with Crippen molar-refractivity contribution in [1.29, 1.82) is 0 Å². The van der Waals surface area contributed by atoms with Gasteiger partial charge in [0.1, 0.15) is 5.82 Å².